The highest BCUT2D eigenvalue weighted by molar-refractivity contribution is 9.10. The molecule has 0 radical (unpaired) electrons. The normalized spacial score (nSPS) is 11.5. The second-order valence-electron chi connectivity index (χ2n) is 7.83. The number of aryl methyl sites for hydroxylation is 2. The minimum absolute atomic E-state index is 0.305. The van der Waals surface area contributed by atoms with Crippen LogP contribution in [0.3, 0.4) is 0 Å². The number of hydrazone groups is 1. The van der Waals surface area contributed by atoms with E-state index in [1.165, 1.54) is 5.56 Å². The Morgan fingerprint density at radius 3 is 2.67 bits per heavy atom. The van der Waals surface area contributed by atoms with E-state index in [4.69, 9.17) is 4.74 Å². The monoisotopic (exact) mass is 500 g/mol. The van der Waals surface area contributed by atoms with Crippen LogP contribution in [0.2, 0.25) is 0 Å². The van der Waals surface area contributed by atoms with E-state index in [0.29, 0.717) is 18.2 Å². The Kier molecular flexibility index (Phi) is 5.75. The molecule has 3 aromatic carbocycles. The van der Waals surface area contributed by atoms with E-state index < -0.39 is 0 Å². The summed E-state index contributed by atoms with van der Waals surface area (Å²) in [5, 5.41) is 13.8. The van der Waals surface area contributed by atoms with Crippen molar-refractivity contribution in [3.8, 4) is 5.75 Å². The molecule has 8 heteroatoms. The lowest BCUT2D eigenvalue weighted by Crippen LogP contribution is -2.01. The Morgan fingerprint density at radius 1 is 1.00 bits per heavy atom. The van der Waals surface area contributed by atoms with Crippen molar-refractivity contribution in [3.63, 3.8) is 0 Å². The Balaban J connectivity index is 1.33. The first kappa shape index (κ1) is 21.1. The Labute approximate surface area is 199 Å². The summed E-state index contributed by atoms with van der Waals surface area (Å²) in [6.07, 6.45) is 1.68. The van der Waals surface area contributed by atoms with Crippen LogP contribution in [0.4, 0.5) is 5.95 Å². The Bertz CT molecular complexity index is 1480. The van der Waals surface area contributed by atoms with Crippen LogP contribution in [0, 0.1) is 13.8 Å². The number of anilines is 1. The number of nitrogens with zero attached hydrogens (tertiary/aromatic N) is 4. The van der Waals surface area contributed by atoms with Crippen molar-refractivity contribution in [1.29, 1.82) is 0 Å². The Morgan fingerprint density at radius 2 is 1.82 bits per heavy atom. The number of hydrogen-bond acceptors (Lipinski definition) is 6. The summed E-state index contributed by atoms with van der Waals surface area (Å²) < 4.78 is 6.96. The molecule has 0 spiro atoms. The lowest BCUT2D eigenvalue weighted by molar-refractivity contribution is 0.305. The first-order chi connectivity index (χ1) is 16.0. The highest BCUT2D eigenvalue weighted by atomic mass is 79.9. The van der Waals surface area contributed by atoms with Gasteiger partial charge in [-0.25, -0.2) is 5.43 Å². The van der Waals surface area contributed by atoms with Gasteiger partial charge in [0.2, 0.25) is 0 Å². The van der Waals surface area contributed by atoms with E-state index in [2.05, 4.69) is 83.9 Å². The topological polar surface area (TPSA) is 88.1 Å². The number of H-pyrrole nitrogens is 1. The summed E-state index contributed by atoms with van der Waals surface area (Å²) in [4.78, 5) is 7.78. The number of fused-ring (bicyclic) bond motifs is 3. The number of ether oxygens (including phenoxy) is 1. The van der Waals surface area contributed by atoms with Gasteiger partial charge < -0.3 is 9.72 Å². The number of halogens is 1. The minimum Gasteiger partial charge on any atom is -0.488 e. The molecule has 164 valence electrons. The second-order valence-corrected chi connectivity index (χ2v) is 8.75. The first-order valence-corrected chi connectivity index (χ1v) is 11.2. The molecule has 0 amide bonds. The van der Waals surface area contributed by atoms with E-state index in [0.717, 1.165) is 43.3 Å². The average Bonchev–Trinajstić information content (AvgIpc) is 3.16. The maximum atomic E-state index is 6.03. The third-order valence-corrected chi connectivity index (χ3v) is 5.72. The van der Waals surface area contributed by atoms with E-state index in [1.807, 2.05) is 37.3 Å². The fraction of sp³-hybridized carbons (Fsp3) is 0.120. The van der Waals surface area contributed by atoms with Gasteiger partial charge >= 0.3 is 0 Å². The SMILES string of the molecule is Cc1ccc(COc2ccc(Br)cc2/C=N/Nc2nnc3c(n2)[nH]c2ccc(C)cc23)cc1. The molecule has 0 bridgehead atoms. The minimum atomic E-state index is 0.305. The summed E-state index contributed by atoms with van der Waals surface area (Å²) in [6, 6.07) is 20.2. The summed E-state index contributed by atoms with van der Waals surface area (Å²) in [5.74, 6) is 1.03. The van der Waals surface area contributed by atoms with Crippen LogP contribution < -0.4 is 10.2 Å². The number of benzene rings is 3. The molecule has 0 aliphatic rings. The fourth-order valence-corrected chi connectivity index (χ4v) is 3.87. The van der Waals surface area contributed by atoms with Crippen molar-refractivity contribution in [2.45, 2.75) is 20.5 Å². The Hall–Kier alpha value is -3.78. The average molecular weight is 501 g/mol. The van der Waals surface area contributed by atoms with E-state index in [9.17, 15) is 0 Å². The van der Waals surface area contributed by atoms with E-state index in [1.54, 1.807) is 6.21 Å². The summed E-state index contributed by atoms with van der Waals surface area (Å²) in [7, 11) is 0. The van der Waals surface area contributed by atoms with Crippen molar-refractivity contribution >= 4 is 50.2 Å². The standard InChI is InChI=1S/C25H21BrN6O/c1-15-3-6-17(7-4-15)14-33-22-10-8-19(26)12-18(22)13-27-31-25-29-24-23(30-32-25)20-11-16(2)5-9-21(20)28-24/h3-13H,14H2,1-2H3,(H2,28,29,31,32)/b27-13+. The molecular formula is C25H21BrN6O. The predicted octanol–water partition coefficient (Wildman–Crippen LogP) is 5.91. The molecular weight excluding hydrogens is 480 g/mol. The van der Waals surface area contributed by atoms with Gasteiger partial charge in [0, 0.05) is 20.9 Å². The number of rotatable bonds is 6. The molecule has 2 heterocycles. The molecule has 0 aliphatic heterocycles. The van der Waals surface area contributed by atoms with Crippen molar-refractivity contribution in [2.75, 3.05) is 5.43 Å². The fourth-order valence-electron chi connectivity index (χ4n) is 3.49. The van der Waals surface area contributed by atoms with Gasteiger partial charge in [0.15, 0.2) is 5.65 Å². The number of aromatic nitrogens is 4. The molecule has 0 saturated heterocycles. The van der Waals surface area contributed by atoms with Crippen LogP contribution >= 0.6 is 15.9 Å². The molecule has 0 atom stereocenters. The third-order valence-electron chi connectivity index (χ3n) is 5.22. The van der Waals surface area contributed by atoms with Crippen LogP contribution in [-0.2, 0) is 6.61 Å². The first-order valence-electron chi connectivity index (χ1n) is 10.4. The highest BCUT2D eigenvalue weighted by Gasteiger charge is 2.09. The van der Waals surface area contributed by atoms with Crippen molar-refractivity contribution in [2.24, 2.45) is 5.10 Å². The molecule has 33 heavy (non-hydrogen) atoms. The van der Waals surface area contributed by atoms with Crippen molar-refractivity contribution in [1.82, 2.24) is 20.2 Å². The van der Waals surface area contributed by atoms with Crippen LogP contribution in [0.15, 0.2) is 70.2 Å². The molecule has 0 fully saturated rings. The molecule has 0 unspecified atom stereocenters. The van der Waals surface area contributed by atoms with Crippen LogP contribution in [0.1, 0.15) is 22.3 Å². The van der Waals surface area contributed by atoms with E-state index in [-0.39, 0.29) is 0 Å². The molecule has 0 saturated carbocycles. The number of aromatic amines is 1. The zero-order chi connectivity index (χ0) is 22.8. The highest BCUT2D eigenvalue weighted by Crippen LogP contribution is 2.24. The molecule has 5 aromatic rings. The maximum Gasteiger partial charge on any atom is 0.265 e. The molecule has 2 aromatic heterocycles. The zero-order valence-electron chi connectivity index (χ0n) is 18.1. The largest absolute Gasteiger partial charge is 0.488 e. The second kappa shape index (κ2) is 8.99. The predicted molar refractivity (Wildman–Crippen MR) is 135 cm³/mol. The summed E-state index contributed by atoms with van der Waals surface area (Å²) >= 11 is 3.51. The third kappa shape index (κ3) is 4.70. The molecule has 0 aliphatic carbocycles. The van der Waals surface area contributed by atoms with Gasteiger partial charge in [-0.3, -0.25) is 0 Å². The smallest absolute Gasteiger partial charge is 0.265 e. The lowest BCUT2D eigenvalue weighted by atomic mass is 10.1. The van der Waals surface area contributed by atoms with Crippen molar-refractivity contribution < 1.29 is 4.74 Å². The summed E-state index contributed by atoms with van der Waals surface area (Å²) in [6.45, 7) is 4.58. The van der Waals surface area contributed by atoms with Gasteiger partial charge in [-0.05, 0) is 49.7 Å². The molecule has 7 nitrogen and oxygen atoms in total. The van der Waals surface area contributed by atoms with E-state index >= 15 is 0 Å². The quantitative estimate of drug-likeness (QED) is 0.223. The summed E-state index contributed by atoms with van der Waals surface area (Å²) in [5.41, 5.74) is 9.54. The van der Waals surface area contributed by atoms with Crippen LogP contribution in [0.5, 0.6) is 5.75 Å². The van der Waals surface area contributed by atoms with Gasteiger partial charge in [-0.2, -0.15) is 10.1 Å². The van der Waals surface area contributed by atoms with Crippen molar-refractivity contribution in [3.05, 3.63) is 87.4 Å². The van der Waals surface area contributed by atoms with Crippen LogP contribution in [0.25, 0.3) is 22.1 Å². The maximum absolute atomic E-state index is 6.03. The van der Waals surface area contributed by atoms with Gasteiger partial charge in [0.25, 0.3) is 5.95 Å². The van der Waals surface area contributed by atoms with Gasteiger partial charge in [-0.15, -0.1) is 10.2 Å². The molecule has 2 N–H and O–H groups in total. The lowest BCUT2D eigenvalue weighted by Gasteiger charge is -2.10. The van der Waals surface area contributed by atoms with Crippen LogP contribution in [-0.4, -0.2) is 26.4 Å². The number of hydrogen-bond donors (Lipinski definition) is 2. The van der Waals surface area contributed by atoms with Gasteiger partial charge in [0.05, 0.1) is 6.21 Å². The number of nitrogens with one attached hydrogen (secondary N) is 2. The zero-order valence-corrected chi connectivity index (χ0v) is 19.7. The van der Waals surface area contributed by atoms with Gasteiger partial charge in [0.1, 0.15) is 17.9 Å². The molecule has 5 rings (SSSR count). The van der Waals surface area contributed by atoms with Gasteiger partial charge in [-0.1, -0.05) is 57.4 Å².